The quantitative estimate of drug-likeness (QED) is 0.418. The number of amides is 2. The highest BCUT2D eigenvalue weighted by atomic mass is 32.1. The summed E-state index contributed by atoms with van der Waals surface area (Å²) in [6.07, 6.45) is 2.19. The first-order chi connectivity index (χ1) is 14.9. The number of aryl methyl sites for hydroxylation is 1. The Hall–Kier alpha value is -3.52. The number of halogens is 1. The van der Waals surface area contributed by atoms with Gasteiger partial charge in [-0.05, 0) is 42.8 Å². The third kappa shape index (κ3) is 4.64. The zero-order chi connectivity index (χ0) is 22.0. The molecular formula is C23H21FN4O2S. The lowest BCUT2D eigenvalue weighted by Gasteiger charge is -2.16. The van der Waals surface area contributed by atoms with E-state index in [0.717, 1.165) is 26.9 Å². The van der Waals surface area contributed by atoms with Gasteiger partial charge in [-0.3, -0.25) is 9.59 Å². The number of anilines is 1. The molecule has 0 aliphatic carbocycles. The molecule has 4 rings (SSSR count). The van der Waals surface area contributed by atoms with Gasteiger partial charge in [-0.2, -0.15) is 0 Å². The SMILES string of the molecule is CC(=O)NC(Cc1c[nH]c2ccccc12)C(=O)Nc1nc(-c2ccc(F)cc2)c(C)s1. The number of hydrogen-bond acceptors (Lipinski definition) is 4. The summed E-state index contributed by atoms with van der Waals surface area (Å²) in [4.78, 5) is 33.3. The van der Waals surface area contributed by atoms with E-state index < -0.39 is 6.04 Å². The van der Waals surface area contributed by atoms with Crippen LogP contribution < -0.4 is 10.6 Å². The summed E-state index contributed by atoms with van der Waals surface area (Å²) in [6.45, 7) is 3.28. The van der Waals surface area contributed by atoms with Gasteiger partial charge in [-0.15, -0.1) is 11.3 Å². The van der Waals surface area contributed by atoms with Crippen LogP contribution in [-0.4, -0.2) is 27.8 Å². The molecule has 31 heavy (non-hydrogen) atoms. The predicted molar refractivity (Wildman–Crippen MR) is 120 cm³/mol. The highest BCUT2D eigenvalue weighted by molar-refractivity contribution is 7.16. The number of hydrogen-bond donors (Lipinski definition) is 3. The molecular weight excluding hydrogens is 415 g/mol. The van der Waals surface area contributed by atoms with Gasteiger partial charge >= 0.3 is 0 Å². The van der Waals surface area contributed by atoms with E-state index in [2.05, 4.69) is 20.6 Å². The number of aromatic nitrogens is 2. The molecule has 1 unspecified atom stereocenters. The molecule has 158 valence electrons. The van der Waals surface area contributed by atoms with E-state index in [0.29, 0.717) is 17.2 Å². The Morgan fingerprint density at radius 1 is 1.16 bits per heavy atom. The van der Waals surface area contributed by atoms with Crippen LogP contribution in [0.15, 0.2) is 54.7 Å². The van der Waals surface area contributed by atoms with Gasteiger partial charge in [0.15, 0.2) is 5.13 Å². The van der Waals surface area contributed by atoms with Crippen LogP contribution >= 0.6 is 11.3 Å². The Morgan fingerprint density at radius 2 is 1.90 bits per heavy atom. The topological polar surface area (TPSA) is 86.9 Å². The van der Waals surface area contributed by atoms with Crippen molar-refractivity contribution < 1.29 is 14.0 Å². The number of carbonyl (C=O) groups is 2. The Bertz CT molecular complexity index is 1250. The van der Waals surface area contributed by atoms with Gasteiger partial charge in [0.2, 0.25) is 11.8 Å². The molecule has 0 saturated heterocycles. The van der Waals surface area contributed by atoms with Crippen LogP contribution in [0.3, 0.4) is 0 Å². The minimum atomic E-state index is -0.754. The van der Waals surface area contributed by atoms with Crippen LogP contribution in [0.4, 0.5) is 9.52 Å². The zero-order valence-electron chi connectivity index (χ0n) is 17.0. The third-order valence-corrected chi connectivity index (χ3v) is 5.82. The van der Waals surface area contributed by atoms with Crippen LogP contribution in [-0.2, 0) is 16.0 Å². The first kappa shape index (κ1) is 20.7. The first-order valence-corrected chi connectivity index (χ1v) is 10.6. The van der Waals surface area contributed by atoms with Gasteiger partial charge < -0.3 is 15.6 Å². The lowest BCUT2D eigenvalue weighted by molar-refractivity contribution is -0.125. The number of para-hydroxylation sites is 1. The van der Waals surface area contributed by atoms with Crippen molar-refractivity contribution in [2.24, 2.45) is 0 Å². The summed E-state index contributed by atoms with van der Waals surface area (Å²) in [5, 5.41) is 6.99. The molecule has 3 N–H and O–H groups in total. The average molecular weight is 437 g/mol. The lowest BCUT2D eigenvalue weighted by atomic mass is 10.0. The summed E-state index contributed by atoms with van der Waals surface area (Å²) in [5.41, 5.74) is 3.37. The van der Waals surface area contributed by atoms with Gasteiger partial charge in [0.1, 0.15) is 11.9 Å². The van der Waals surface area contributed by atoms with Crippen LogP contribution in [0.25, 0.3) is 22.2 Å². The number of carbonyl (C=O) groups excluding carboxylic acids is 2. The molecule has 2 heterocycles. The van der Waals surface area contributed by atoms with Gasteiger partial charge in [-0.1, -0.05) is 18.2 Å². The van der Waals surface area contributed by atoms with Gasteiger partial charge in [0, 0.05) is 40.9 Å². The van der Waals surface area contributed by atoms with E-state index in [1.807, 2.05) is 37.4 Å². The van der Waals surface area contributed by atoms with Crippen molar-refractivity contribution in [1.82, 2.24) is 15.3 Å². The second-order valence-electron chi connectivity index (χ2n) is 7.24. The molecule has 0 aliphatic heterocycles. The summed E-state index contributed by atoms with van der Waals surface area (Å²) in [6, 6.07) is 13.1. The van der Waals surface area contributed by atoms with Crippen LogP contribution in [0.5, 0.6) is 0 Å². The maximum Gasteiger partial charge on any atom is 0.249 e. The lowest BCUT2D eigenvalue weighted by Crippen LogP contribution is -2.44. The fraction of sp³-hybridized carbons (Fsp3) is 0.174. The average Bonchev–Trinajstić information content (AvgIpc) is 3.31. The van der Waals surface area contributed by atoms with Gasteiger partial charge in [-0.25, -0.2) is 9.37 Å². The zero-order valence-corrected chi connectivity index (χ0v) is 17.8. The predicted octanol–water partition coefficient (Wildman–Crippen LogP) is 4.42. The van der Waals surface area contributed by atoms with Crippen LogP contribution in [0.2, 0.25) is 0 Å². The maximum atomic E-state index is 13.2. The molecule has 0 aliphatic rings. The van der Waals surface area contributed by atoms with Crippen molar-refractivity contribution in [2.75, 3.05) is 5.32 Å². The second kappa shape index (κ2) is 8.69. The van der Waals surface area contributed by atoms with Crippen molar-refractivity contribution in [3.8, 4) is 11.3 Å². The largest absolute Gasteiger partial charge is 0.361 e. The Labute approximate surface area is 182 Å². The Morgan fingerprint density at radius 3 is 2.65 bits per heavy atom. The summed E-state index contributed by atoms with van der Waals surface area (Å²) in [5.74, 6) is -0.956. The standard InChI is InChI=1S/C23H21FN4O2S/c1-13-21(15-7-9-17(24)10-8-15)27-23(31-13)28-22(30)20(26-14(2)29)11-16-12-25-19-6-4-3-5-18(16)19/h3-10,12,20,25H,11H2,1-2H3,(H,26,29)(H,27,28,30). The van der Waals surface area contributed by atoms with Gasteiger partial charge in [0.25, 0.3) is 0 Å². The smallest absolute Gasteiger partial charge is 0.249 e. The first-order valence-electron chi connectivity index (χ1n) is 9.77. The molecule has 0 saturated carbocycles. The number of thiazole rings is 1. The van der Waals surface area contributed by atoms with E-state index in [4.69, 9.17) is 0 Å². The Balaban J connectivity index is 1.55. The number of nitrogens with zero attached hydrogens (tertiary/aromatic N) is 1. The number of rotatable bonds is 6. The third-order valence-electron chi connectivity index (χ3n) is 4.94. The number of fused-ring (bicyclic) bond motifs is 1. The molecule has 6 nitrogen and oxygen atoms in total. The van der Waals surface area contributed by atoms with Crippen molar-refractivity contribution in [3.05, 3.63) is 71.0 Å². The maximum absolute atomic E-state index is 13.2. The van der Waals surface area contributed by atoms with E-state index in [1.165, 1.54) is 30.4 Å². The Kier molecular flexibility index (Phi) is 5.81. The molecule has 0 radical (unpaired) electrons. The summed E-state index contributed by atoms with van der Waals surface area (Å²) >= 11 is 1.33. The molecule has 2 aromatic heterocycles. The van der Waals surface area contributed by atoms with E-state index in [-0.39, 0.29) is 17.6 Å². The minimum absolute atomic E-state index is 0.290. The van der Waals surface area contributed by atoms with Crippen LogP contribution in [0, 0.1) is 12.7 Å². The molecule has 8 heteroatoms. The minimum Gasteiger partial charge on any atom is -0.361 e. The normalized spacial score (nSPS) is 12.0. The molecule has 4 aromatic rings. The van der Waals surface area contributed by atoms with Crippen molar-refractivity contribution in [1.29, 1.82) is 0 Å². The molecule has 0 spiro atoms. The fourth-order valence-corrected chi connectivity index (χ4v) is 4.33. The summed E-state index contributed by atoms with van der Waals surface area (Å²) in [7, 11) is 0. The van der Waals surface area contributed by atoms with Crippen molar-refractivity contribution in [3.63, 3.8) is 0 Å². The van der Waals surface area contributed by atoms with E-state index in [1.54, 1.807) is 12.1 Å². The highest BCUT2D eigenvalue weighted by Gasteiger charge is 2.23. The van der Waals surface area contributed by atoms with Crippen molar-refractivity contribution >= 4 is 39.2 Å². The van der Waals surface area contributed by atoms with Gasteiger partial charge in [0.05, 0.1) is 5.69 Å². The molecule has 1 atom stereocenters. The molecule has 2 aromatic carbocycles. The molecule has 2 amide bonds. The number of aromatic amines is 1. The number of H-pyrrole nitrogens is 1. The highest BCUT2D eigenvalue weighted by Crippen LogP contribution is 2.30. The number of nitrogens with one attached hydrogen (secondary N) is 3. The van der Waals surface area contributed by atoms with Crippen LogP contribution in [0.1, 0.15) is 17.4 Å². The molecule has 0 fully saturated rings. The van der Waals surface area contributed by atoms with E-state index >= 15 is 0 Å². The monoisotopic (exact) mass is 436 g/mol. The molecule has 0 bridgehead atoms. The summed E-state index contributed by atoms with van der Waals surface area (Å²) < 4.78 is 13.2. The second-order valence-corrected chi connectivity index (χ2v) is 8.44. The fourth-order valence-electron chi connectivity index (χ4n) is 3.49. The van der Waals surface area contributed by atoms with Crippen molar-refractivity contribution in [2.45, 2.75) is 26.3 Å². The van der Waals surface area contributed by atoms with E-state index in [9.17, 15) is 14.0 Å². The number of benzene rings is 2.